The smallest absolute Gasteiger partial charge is 0.408 e. The first-order chi connectivity index (χ1) is 11.5. The van der Waals surface area contributed by atoms with Gasteiger partial charge in [-0.1, -0.05) is 26.0 Å². The van der Waals surface area contributed by atoms with Crippen LogP contribution in [0.1, 0.15) is 13.8 Å². The van der Waals surface area contributed by atoms with E-state index in [0.29, 0.717) is 37.3 Å². The van der Waals surface area contributed by atoms with E-state index >= 15 is 0 Å². The topological polar surface area (TPSA) is 75.8 Å². The van der Waals surface area contributed by atoms with E-state index in [1.54, 1.807) is 34.1 Å². The Labute approximate surface area is 139 Å². The number of amides is 2. The quantitative estimate of drug-likeness (QED) is 0.838. The number of benzene rings is 1. The number of hydrogen-bond acceptors (Lipinski definition) is 4. The highest BCUT2D eigenvalue weighted by Crippen LogP contribution is 2.13. The molecule has 1 aliphatic heterocycles. The van der Waals surface area contributed by atoms with Crippen molar-refractivity contribution in [3.05, 3.63) is 34.8 Å². The van der Waals surface area contributed by atoms with Crippen LogP contribution in [0.4, 0.5) is 0 Å². The average molecular weight is 331 g/mol. The van der Waals surface area contributed by atoms with Crippen molar-refractivity contribution in [1.82, 2.24) is 14.4 Å². The van der Waals surface area contributed by atoms with Crippen LogP contribution in [0.5, 0.6) is 0 Å². The van der Waals surface area contributed by atoms with Crippen LogP contribution in [-0.2, 0) is 16.1 Å². The molecule has 24 heavy (non-hydrogen) atoms. The Kier molecular flexibility index (Phi) is 4.42. The second-order valence-corrected chi connectivity index (χ2v) is 6.28. The van der Waals surface area contributed by atoms with Gasteiger partial charge in [0, 0.05) is 32.1 Å². The highest BCUT2D eigenvalue weighted by molar-refractivity contribution is 5.81. The molecule has 2 heterocycles. The van der Waals surface area contributed by atoms with Gasteiger partial charge in [0.15, 0.2) is 5.58 Å². The minimum absolute atomic E-state index is 0.0388. The second-order valence-electron chi connectivity index (χ2n) is 6.28. The molecule has 1 aromatic heterocycles. The van der Waals surface area contributed by atoms with Crippen molar-refractivity contribution in [1.29, 1.82) is 0 Å². The number of carbonyl (C=O) groups excluding carboxylic acids is 2. The van der Waals surface area contributed by atoms with Gasteiger partial charge in [-0.3, -0.25) is 14.2 Å². The maximum absolute atomic E-state index is 12.5. The summed E-state index contributed by atoms with van der Waals surface area (Å²) in [6, 6.07) is 7.04. The molecular weight excluding hydrogens is 310 g/mol. The first-order valence-corrected chi connectivity index (χ1v) is 8.12. The van der Waals surface area contributed by atoms with Crippen molar-refractivity contribution >= 4 is 22.9 Å². The number of rotatable bonds is 3. The van der Waals surface area contributed by atoms with Crippen LogP contribution in [0, 0.1) is 5.92 Å². The van der Waals surface area contributed by atoms with Crippen LogP contribution in [0.25, 0.3) is 11.1 Å². The predicted molar refractivity (Wildman–Crippen MR) is 88.5 cm³/mol. The standard InChI is InChI=1S/C17H21N3O4/c1-12(2)16(22)19-9-7-18(8-10-19)15(21)11-20-13-5-3-4-6-14(13)24-17(20)23/h3-6,12H,7-11H2,1-2H3. The fraction of sp³-hybridized carbons (Fsp3) is 0.471. The van der Waals surface area contributed by atoms with Gasteiger partial charge in [0.25, 0.3) is 0 Å². The summed E-state index contributed by atoms with van der Waals surface area (Å²) in [5.74, 6) is -0.597. The van der Waals surface area contributed by atoms with Crippen molar-refractivity contribution < 1.29 is 14.0 Å². The van der Waals surface area contributed by atoms with Crippen LogP contribution in [0.15, 0.2) is 33.5 Å². The summed E-state index contributed by atoms with van der Waals surface area (Å²) >= 11 is 0. The van der Waals surface area contributed by atoms with E-state index in [1.165, 1.54) is 4.57 Å². The van der Waals surface area contributed by atoms with Crippen LogP contribution >= 0.6 is 0 Å². The SMILES string of the molecule is CC(C)C(=O)N1CCN(C(=O)Cn2c(=O)oc3ccccc32)CC1. The molecule has 1 saturated heterocycles. The van der Waals surface area contributed by atoms with Gasteiger partial charge in [-0.25, -0.2) is 4.79 Å². The summed E-state index contributed by atoms with van der Waals surface area (Å²) in [5.41, 5.74) is 1.09. The largest absolute Gasteiger partial charge is 0.420 e. The highest BCUT2D eigenvalue weighted by Gasteiger charge is 2.26. The molecule has 0 atom stereocenters. The molecule has 0 unspecified atom stereocenters. The minimum atomic E-state index is -0.529. The lowest BCUT2D eigenvalue weighted by molar-refractivity contribution is -0.141. The van der Waals surface area contributed by atoms with Crippen LogP contribution in [0.3, 0.4) is 0 Å². The lowest BCUT2D eigenvalue weighted by Crippen LogP contribution is -2.52. The molecule has 2 aromatic rings. The van der Waals surface area contributed by atoms with Gasteiger partial charge in [0.05, 0.1) is 5.52 Å². The number of fused-ring (bicyclic) bond motifs is 1. The molecule has 1 aromatic carbocycles. The van der Waals surface area contributed by atoms with E-state index in [2.05, 4.69) is 0 Å². The zero-order valence-corrected chi connectivity index (χ0v) is 13.9. The van der Waals surface area contributed by atoms with Gasteiger partial charge in [-0.2, -0.15) is 0 Å². The summed E-state index contributed by atoms with van der Waals surface area (Å²) in [6.07, 6.45) is 0. The van der Waals surface area contributed by atoms with Crippen molar-refractivity contribution in [2.75, 3.05) is 26.2 Å². The summed E-state index contributed by atoms with van der Waals surface area (Å²) in [4.78, 5) is 39.9. The highest BCUT2D eigenvalue weighted by atomic mass is 16.4. The van der Waals surface area contributed by atoms with Crippen molar-refractivity contribution in [2.24, 2.45) is 5.92 Å². The lowest BCUT2D eigenvalue weighted by Gasteiger charge is -2.35. The second kappa shape index (κ2) is 6.51. The Morgan fingerprint density at radius 1 is 1.08 bits per heavy atom. The van der Waals surface area contributed by atoms with Gasteiger partial charge in [0.1, 0.15) is 6.54 Å². The number of para-hydroxylation sites is 2. The molecule has 7 nitrogen and oxygen atoms in total. The maximum Gasteiger partial charge on any atom is 0.420 e. The van der Waals surface area contributed by atoms with Gasteiger partial charge < -0.3 is 14.2 Å². The molecule has 128 valence electrons. The van der Waals surface area contributed by atoms with Gasteiger partial charge in [-0.05, 0) is 12.1 Å². The molecule has 0 bridgehead atoms. The Bertz CT molecular complexity index is 813. The molecule has 2 amide bonds. The third kappa shape index (κ3) is 3.06. The molecule has 1 aliphatic rings. The molecule has 0 aliphatic carbocycles. The van der Waals surface area contributed by atoms with E-state index in [9.17, 15) is 14.4 Å². The van der Waals surface area contributed by atoms with Crippen LogP contribution < -0.4 is 5.76 Å². The number of carbonyl (C=O) groups is 2. The third-order valence-corrected chi connectivity index (χ3v) is 4.31. The van der Waals surface area contributed by atoms with E-state index in [-0.39, 0.29) is 24.3 Å². The number of nitrogens with zero attached hydrogens (tertiary/aromatic N) is 3. The summed E-state index contributed by atoms with van der Waals surface area (Å²) in [7, 11) is 0. The molecular formula is C17H21N3O4. The van der Waals surface area contributed by atoms with E-state index in [4.69, 9.17) is 4.42 Å². The molecule has 0 N–H and O–H groups in total. The van der Waals surface area contributed by atoms with E-state index in [0.717, 1.165) is 0 Å². The van der Waals surface area contributed by atoms with Crippen molar-refractivity contribution in [3.8, 4) is 0 Å². The minimum Gasteiger partial charge on any atom is -0.408 e. The van der Waals surface area contributed by atoms with Crippen molar-refractivity contribution in [2.45, 2.75) is 20.4 Å². The number of oxazole rings is 1. The normalized spacial score (nSPS) is 15.3. The van der Waals surface area contributed by atoms with E-state index < -0.39 is 5.76 Å². The Morgan fingerprint density at radius 3 is 2.38 bits per heavy atom. The molecule has 7 heteroatoms. The first kappa shape index (κ1) is 16.3. The van der Waals surface area contributed by atoms with Crippen LogP contribution in [0.2, 0.25) is 0 Å². The Morgan fingerprint density at radius 2 is 1.71 bits per heavy atom. The number of hydrogen-bond donors (Lipinski definition) is 0. The predicted octanol–water partition coefficient (Wildman–Crippen LogP) is 0.921. The monoisotopic (exact) mass is 331 g/mol. The average Bonchev–Trinajstić information content (AvgIpc) is 2.90. The van der Waals surface area contributed by atoms with Crippen LogP contribution in [-0.4, -0.2) is 52.4 Å². The molecule has 0 radical (unpaired) electrons. The summed E-state index contributed by atoms with van der Waals surface area (Å²) in [6.45, 7) is 5.73. The Hall–Kier alpha value is -2.57. The van der Waals surface area contributed by atoms with Gasteiger partial charge >= 0.3 is 5.76 Å². The molecule has 0 saturated carbocycles. The molecule has 1 fully saturated rings. The number of aromatic nitrogens is 1. The molecule has 0 spiro atoms. The molecule has 3 rings (SSSR count). The van der Waals surface area contributed by atoms with Gasteiger partial charge in [0.2, 0.25) is 11.8 Å². The van der Waals surface area contributed by atoms with Crippen molar-refractivity contribution in [3.63, 3.8) is 0 Å². The lowest BCUT2D eigenvalue weighted by atomic mass is 10.1. The third-order valence-electron chi connectivity index (χ3n) is 4.31. The fourth-order valence-electron chi connectivity index (χ4n) is 2.94. The fourth-order valence-corrected chi connectivity index (χ4v) is 2.94. The van der Waals surface area contributed by atoms with E-state index in [1.807, 2.05) is 13.8 Å². The number of piperazine rings is 1. The van der Waals surface area contributed by atoms with Gasteiger partial charge in [-0.15, -0.1) is 0 Å². The maximum atomic E-state index is 12.5. The first-order valence-electron chi connectivity index (χ1n) is 8.12. The summed E-state index contributed by atoms with van der Waals surface area (Å²) in [5, 5.41) is 0. The zero-order chi connectivity index (χ0) is 17.3. The zero-order valence-electron chi connectivity index (χ0n) is 13.9. The summed E-state index contributed by atoms with van der Waals surface area (Å²) < 4.78 is 6.50. The Balaban J connectivity index is 1.67.